The van der Waals surface area contributed by atoms with Crippen molar-refractivity contribution in [1.82, 2.24) is 5.32 Å². The molecule has 0 fully saturated rings. The lowest BCUT2D eigenvalue weighted by molar-refractivity contribution is -0.124. The zero-order chi connectivity index (χ0) is 35.9. The molecule has 5 heteroatoms. The molecule has 0 bridgehead atoms. The number of amides is 1. The number of hydrogen-bond donors (Lipinski definition) is 4. The van der Waals surface area contributed by atoms with Crippen LogP contribution in [0.5, 0.6) is 0 Å². The van der Waals surface area contributed by atoms with Gasteiger partial charge in [0.1, 0.15) is 0 Å². The number of rotatable bonds is 38. The number of aliphatic hydroxyl groups is 3. The molecular weight excluding hydrogens is 606 g/mol. The summed E-state index contributed by atoms with van der Waals surface area (Å²) in [6.07, 6.45) is 48.6. The Balaban J connectivity index is 3.67. The molecule has 5 nitrogen and oxygen atoms in total. The van der Waals surface area contributed by atoms with Gasteiger partial charge in [0, 0.05) is 0 Å². The predicted octanol–water partition coefficient (Wildman–Crippen LogP) is 12.0. The summed E-state index contributed by atoms with van der Waals surface area (Å²) in [5.74, 6) is -0.330. The third kappa shape index (κ3) is 36.2. The van der Waals surface area contributed by atoms with Crippen LogP contribution in [0.4, 0.5) is 0 Å². The van der Waals surface area contributed by atoms with Crippen LogP contribution in [0.15, 0.2) is 36.5 Å². The second kappa shape index (κ2) is 39.4. The highest BCUT2D eigenvalue weighted by atomic mass is 16.3. The summed E-state index contributed by atoms with van der Waals surface area (Å²) < 4.78 is 0. The summed E-state index contributed by atoms with van der Waals surface area (Å²) in [5.41, 5.74) is 0. The van der Waals surface area contributed by atoms with E-state index in [9.17, 15) is 20.1 Å². The van der Waals surface area contributed by atoms with Crippen LogP contribution in [0.3, 0.4) is 0 Å². The minimum absolute atomic E-state index is 0.00191. The fourth-order valence-electron chi connectivity index (χ4n) is 6.35. The van der Waals surface area contributed by atoms with E-state index in [1.165, 1.54) is 154 Å². The fourth-order valence-corrected chi connectivity index (χ4v) is 6.35. The van der Waals surface area contributed by atoms with Crippen LogP contribution in [0.1, 0.15) is 213 Å². The van der Waals surface area contributed by atoms with Gasteiger partial charge in [-0.15, -0.1) is 0 Å². The molecule has 0 radical (unpaired) electrons. The third-order valence-corrected chi connectivity index (χ3v) is 9.65. The number of aliphatic hydroxyl groups excluding tert-OH is 3. The maximum absolute atomic E-state index is 12.4. The van der Waals surface area contributed by atoms with Crippen molar-refractivity contribution in [3.8, 4) is 0 Å². The molecule has 0 aromatic rings. The normalized spacial score (nSPS) is 14.0. The van der Waals surface area contributed by atoms with Crippen LogP contribution >= 0.6 is 0 Å². The fraction of sp³-hybridized carbons (Fsp3) is 0.841. The van der Waals surface area contributed by atoms with E-state index in [0.717, 1.165) is 32.1 Å². The Morgan fingerprint density at radius 3 is 1.31 bits per heavy atom. The smallest absolute Gasteiger partial charge is 0.222 e. The van der Waals surface area contributed by atoms with Crippen LogP contribution in [-0.4, -0.2) is 46.1 Å². The third-order valence-electron chi connectivity index (χ3n) is 9.65. The lowest BCUT2D eigenvalue weighted by Crippen LogP contribution is -2.45. The first kappa shape index (κ1) is 47.6. The zero-order valence-corrected chi connectivity index (χ0v) is 32.6. The number of carbonyl (C=O) groups excluding carboxylic acids is 1. The molecule has 0 aromatic carbocycles. The van der Waals surface area contributed by atoms with E-state index < -0.39 is 18.2 Å². The second-order valence-electron chi connectivity index (χ2n) is 14.6. The molecule has 288 valence electrons. The largest absolute Gasteiger partial charge is 0.394 e. The highest BCUT2D eigenvalue weighted by Crippen LogP contribution is 2.14. The van der Waals surface area contributed by atoms with Crippen molar-refractivity contribution in [2.24, 2.45) is 0 Å². The van der Waals surface area contributed by atoms with Gasteiger partial charge in [-0.2, -0.15) is 0 Å². The summed E-state index contributed by atoms with van der Waals surface area (Å²) in [7, 11) is 0. The van der Waals surface area contributed by atoms with Crippen LogP contribution in [0.25, 0.3) is 0 Å². The molecule has 49 heavy (non-hydrogen) atoms. The SMILES string of the molecule is CCCCCCCC/C=C/CC/C=C/C(O)C(CO)NC(=O)CC(O)CCCCCCCC/C=C\CCCCCCCCCCCCCC. The van der Waals surface area contributed by atoms with E-state index in [1.54, 1.807) is 6.08 Å². The minimum atomic E-state index is -0.951. The Bertz CT molecular complexity index is 764. The molecule has 0 saturated carbocycles. The molecule has 0 aliphatic heterocycles. The topological polar surface area (TPSA) is 89.8 Å². The van der Waals surface area contributed by atoms with E-state index in [2.05, 4.69) is 43.5 Å². The van der Waals surface area contributed by atoms with Gasteiger partial charge in [0.2, 0.25) is 5.91 Å². The molecule has 0 spiro atoms. The van der Waals surface area contributed by atoms with Crippen molar-refractivity contribution in [2.75, 3.05) is 6.61 Å². The first-order chi connectivity index (χ1) is 24.0. The van der Waals surface area contributed by atoms with Gasteiger partial charge >= 0.3 is 0 Å². The first-order valence-electron chi connectivity index (χ1n) is 21.3. The second-order valence-corrected chi connectivity index (χ2v) is 14.6. The van der Waals surface area contributed by atoms with Crippen LogP contribution in [-0.2, 0) is 4.79 Å². The van der Waals surface area contributed by atoms with Gasteiger partial charge in [0.15, 0.2) is 0 Å². The maximum atomic E-state index is 12.4. The van der Waals surface area contributed by atoms with Gasteiger partial charge in [-0.05, 0) is 57.8 Å². The van der Waals surface area contributed by atoms with Gasteiger partial charge in [-0.1, -0.05) is 185 Å². The Labute approximate surface area is 304 Å². The van der Waals surface area contributed by atoms with Crippen molar-refractivity contribution in [1.29, 1.82) is 0 Å². The van der Waals surface area contributed by atoms with Crippen molar-refractivity contribution < 1.29 is 20.1 Å². The molecule has 1 amide bonds. The summed E-state index contributed by atoms with van der Waals surface area (Å²) in [6, 6.07) is -0.761. The molecule has 0 aromatic heterocycles. The number of unbranched alkanes of at least 4 members (excludes halogenated alkanes) is 25. The standard InChI is InChI=1S/C44H83NO4/c1-3-5-7-9-11-13-15-17-18-19-20-21-22-23-24-25-26-27-29-31-33-35-37-41(47)39-44(49)45-42(40-46)43(48)38-36-34-32-30-28-16-14-12-10-8-6-4-2/h23-24,28,30,36,38,41-43,46-48H,3-22,25-27,29,31-35,37,39-40H2,1-2H3,(H,45,49)/b24-23-,30-28+,38-36+. The van der Waals surface area contributed by atoms with Gasteiger partial charge < -0.3 is 20.6 Å². The van der Waals surface area contributed by atoms with E-state index in [-0.39, 0.29) is 18.9 Å². The van der Waals surface area contributed by atoms with E-state index in [0.29, 0.717) is 6.42 Å². The highest BCUT2D eigenvalue weighted by molar-refractivity contribution is 5.76. The van der Waals surface area contributed by atoms with Crippen molar-refractivity contribution in [3.05, 3.63) is 36.5 Å². The summed E-state index contributed by atoms with van der Waals surface area (Å²) in [6.45, 7) is 4.18. The quantitative estimate of drug-likeness (QED) is 0.0384. The number of nitrogens with one attached hydrogen (secondary N) is 1. The lowest BCUT2D eigenvalue weighted by atomic mass is 10.0. The first-order valence-corrected chi connectivity index (χ1v) is 21.3. The highest BCUT2D eigenvalue weighted by Gasteiger charge is 2.20. The van der Waals surface area contributed by atoms with Crippen molar-refractivity contribution >= 4 is 5.91 Å². The van der Waals surface area contributed by atoms with E-state index >= 15 is 0 Å². The molecule has 0 aliphatic carbocycles. The molecule has 0 heterocycles. The summed E-state index contributed by atoms with van der Waals surface area (Å²) >= 11 is 0. The van der Waals surface area contributed by atoms with Crippen molar-refractivity contribution in [3.63, 3.8) is 0 Å². The maximum Gasteiger partial charge on any atom is 0.222 e. The predicted molar refractivity (Wildman–Crippen MR) is 213 cm³/mol. The van der Waals surface area contributed by atoms with E-state index in [1.807, 2.05) is 6.08 Å². The van der Waals surface area contributed by atoms with Gasteiger partial charge in [0.05, 0.1) is 31.3 Å². The number of allylic oxidation sites excluding steroid dienone is 5. The lowest BCUT2D eigenvalue weighted by Gasteiger charge is -2.21. The molecule has 0 rings (SSSR count). The Morgan fingerprint density at radius 1 is 0.510 bits per heavy atom. The molecule has 3 atom stereocenters. The molecule has 4 N–H and O–H groups in total. The van der Waals surface area contributed by atoms with Gasteiger partial charge in [0.25, 0.3) is 0 Å². The molecule has 0 aliphatic rings. The molecular formula is C44H83NO4. The number of hydrogen-bond acceptors (Lipinski definition) is 4. The minimum Gasteiger partial charge on any atom is -0.394 e. The zero-order valence-electron chi connectivity index (χ0n) is 32.6. The Kier molecular flexibility index (Phi) is 38.2. The van der Waals surface area contributed by atoms with Crippen LogP contribution in [0, 0.1) is 0 Å². The summed E-state index contributed by atoms with van der Waals surface area (Å²) in [5, 5.41) is 33.1. The van der Waals surface area contributed by atoms with Crippen molar-refractivity contribution in [2.45, 2.75) is 231 Å². The monoisotopic (exact) mass is 690 g/mol. The van der Waals surface area contributed by atoms with Crippen LogP contribution in [0.2, 0.25) is 0 Å². The molecule has 3 unspecified atom stereocenters. The Morgan fingerprint density at radius 2 is 0.878 bits per heavy atom. The van der Waals surface area contributed by atoms with E-state index in [4.69, 9.17) is 0 Å². The average molecular weight is 690 g/mol. The Hall–Kier alpha value is -1.43. The van der Waals surface area contributed by atoms with Gasteiger partial charge in [-0.25, -0.2) is 0 Å². The summed E-state index contributed by atoms with van der Waals surface area (Å²) in [4.78, 5) is 12.4. The van der Waals surface area contributed by atoms with Crippen LogP contribution < -0.4 is 5.32 Å². The number of carbonyl (C=O) groups is 1. The average Bonchev–Trinajstić information content (AvgIpc) is 3.09. The molecule has 0 saturated heterocycles. The van der Waals surface area contributed by atoms with Gasteiger partial charge in [-0.3, -0.25) is 4.79 Å².